The molecule has 5 aromatic rings. The predicted octanol–water partition coefficient (Wildman–Crippen LogP) is 11.5. The Hall–Kier alpha value is -4.05. The van der Waals surface area contributed by atoms with E-state index in [0.717, 1.165) is 71.3 Å². The molecular formula is C48H51Cl2N2O+. The Balaban J connectivity index is 1.66. The van der Waals surface area contributed by atoms with Crippen LogP contribution < -0.4 is 24.8 Å². The van der Waals surface area contributed by atoms with Crippen molar-refractivity contribution in [2.45, 2.75) is 101 Å². The van der Waals surface area contributed by atoms with Crippen LogP contribution in [0.1, 0.15) is 100 Å². The van der Waals surface area contributed by atoms with Crippen LogP contribution in [0.4, 0.5) is 5.69 Å². The van der Waals surface area contributed by atoms with E-state index in [1.165, 1.54) is 66.7 Å². The molecule has 0 unspecified atom stereocenters. The van der Waals surface area contributed by atoms with Crippen LogP contribution in [-0.4, -0.2) is 14.1 Å². The monoisotopic (exact) mass is 741 g/mol. The summed E-state index contributed by atoms with van der Waals surface area (Å²) in [5, 5.41) is 3.80. The Kier molecular flexibility index (Phi) is 7.79. The maximum absolute atomic E-state index is 7.59. The Morgan fingerprint density at radius 1 is 0.585 bits per heavy atom. The molecule has 0 N–H and O–H groups in total. The lowest BCUT2D eigenvalue weighted by Gasteiger charge is -2.46. The summed E-state index contributed by atoms with van der Waals surface area (Å²) in [4.78, 5) is 2.45. The minimum absolute atomic E-state index is 0.230. The second-order valence-electron chi connectivity index (χ2n) is 17.0. The van der Waals surface area contributed by atoms with E-state index in [1.54, 1.807) is 0 Å². The Bertz CT molecular complexity index is 2650. The van der Waals surface area contributed by atoms with Crippen molar-refractivity contribution >= 4 is 34.5 Å². The number of halogens is 2. The van der Waals surface area contributed by atoms with Crippen LogP contribution in [0, 0.1) is 62.3 Å². The third-order valence-electron chi connectivity index (χ3n) is 13.5. The van der Waals surface area contributed by atoms with Gasteiger partial charge in [0, 0.05) is 64.5 Å². The first-order chi connectivity index (χ1) is 24.7. The van der Waals surface area contributed by atoms with Crippen LogP contribution in [0.15, 0.2) is 36.4 Å². The van der Waals surface area contributed by atoms with E-state index >= 15 is 0 Å². The molecule has 0 amide bonds. The number of aryl methyl sites for hydroxylation is 2. The first-order valence-electron chi connectivity index (χ1n) is 18.8. The lowest BCUT2D eigenvalue weighted by molar-refractivity contribution is 0.365. The van der Waals surface area contributed by atoms with E-state index in [-0.39, 0.29) is 11.1 Å². The zero-order chi connectivity index (χ0) is 38.5. The topological polar surface area (TPSA) is 15.5 Å². The van der Waals surface area contributed by atoms with Gasteiger partial charge in [-0.15, -0.1) is 0 Å². The summed E-state index contributed by atoms with van der Waals surface area (Å²) in [6, 6.07) is 13.9. The molecule has 3 aliphatic heterocycles. The highest BCUT2D eigenvalue weighted by molar-refractivity contribution is 6.36. The summed E-state index contributed by atoms with van der Waals surface area (Å²) in [5.74, 6) is 1.78. The second kappa shape index (κ2) is 11.5. The van der Waals surface area contributed by atoms with Gasteiger partial charge in [0.2, 0.25) is 5.36 Å². The molecule has 5 aromatic carbocycles. The number of ether oxygens (including phenoxy) is 1. The maximum Gasteiger partial charge on any atom is 0.215 e. The van der Waals surface area contributed by atoms with Crippen molar-refractivity contribution in [1.29, 1.82) is 0 Å². The summed E-state index contributed by atoms with van der Waals surface area (Å²) in [5.41, 5.74) is 21.8. The smallest absolute Gasteiger partial charge is 0.215 e. The van der Waals surface area contributed by atoms with Gasteiger partial charge in [0.25, 0.3) is 0 Å². The van der Waals surface area contributed by atoms with Crippen LogP contribution in [0.2, 0.25) is 10.0 Å². The van der Waals surface area contributed by atoms with Gasteiger partial charge >= 0.3 is 0 Å². The van der Waals surface area contributed by atoms with Crippen molar-refractivity contribution in [2.75, 3.05) is 19.0 Å². The van der Waals surface area contributed by atoms with Gasteiger partial charge in [0.05, 0.1) is 27.4 Å². The highest BCUT2D eigenvalue weighted by Gasteiger charge is 2.44. The molecule has 0 spiro atoms. The summed E-state index contributed by atoms with van der Waals surface area (Å²) in [6.45, 7) is 29.0. The Morgan fingerprint density at radius 2 is 1.15 bits per heavy atom. The highest BCUT2D eigenvalue weighted by atomic mass is 35.5. The van der Waals surface area contributed by atoms with Gasteiger partial charge in [0.1, 0.15) is 18.5 Å². The van der Waals surface area contributed by atoms with Crippen molar-refractivity contribution in [2.24, 2.45) is 0 Å². The van der Waals surface area contributed by atoms with E-state index in [2.05, 4.69) is 150 Å². The van der Waals surface area contributed by atoms with Crippen LogP contribution in [0.25, 0.3) is 27.8 Å². The highest BCUT2D eigenvalue weighted by Crippen LogP contribution is 2.57. The summed E-state index contributed by atoms with van der Waals surface area (Å²) < 4.78 is 9.90. The number of hydrogen-bond donors (Lipinski definition) is 0. The zero-order valence-corrected chi connectivity index (χ0v) is 35.5. The molecule has 272 valence electrons. The molecule has 8 rings (SSSR count). The summed E-state index contributed by atoms with van der Waals surface area (Å²) >= 11 is 14.8. The number of rotatable bonds is 1. The number of hydrogen-bond acceptors (Lipinski definition) is 2. The molecule has 3 nitrogen and oxygen atoms in total. The van der Waals surface area contributed by atoms with Crippen molar-refractivity contribution < 1.29 is 4.74 Å². The quantitative estimate of drug-likeness (QED) is 0.156. The minimum atomic E-state index is -0.230. The number of nitrogens with zero attached hydrogens (tertiary/aromatic N) is 2. The van der Waals surface area contributed by atoms with Gasteiger partial charge in [-0.1, -0.05) is 64.7 Å². The van der Waals surface area contributed by atoms with Crippen LogP contribution in [-0.2, 0) is 11.1 Å². The fourth-order valence-electron chi connectivity index (χ4n) is 9.80. The molecule has 0 saturated carbocycles. The molecular weight excluding hydrogens is 691 g/mol. The molecule has 53 heavy (non-hydrogen) atoms. The van der Waals surface area contributed by atoms with Crippen molar-refractivity contribution in [3.63, 3.8) is 0 Å². The molecule has 5 heteroatoms. The molecule has 0 aromatic heterocycles. The van der Waals surface area contributed by atoms with Crippen LogP contribution >= 0.6 is 23.2 Å². The SMILES string of the molecule is Cc1ccc2c(c1)C(C)(C)N(C)c1c(C)c3c(c(C)c1-2)C(c1c(C)c(Cl)c(C)c(C)c1Cl)=c1c(C)c2c(c(C)c1O3)=[N+](C)C(C)(C)c1cc(C)ccc1-2. The van der Waals surface area contributed by atoms with Gasteiger partial charge in [-0.2, -0.15) is 0 Å². The fraction of sp³-hybridized carbons (Fsp3) is 0.354. The van der Waals surface area contributed by atoms with Crippen molar-refractivity contribution in [3.05, 3.63) is 129 Å². The number of benzene rings is 5. The van der Waals surface area contributed by atoms with Gasteiger partial charge in [-0.25, -0.2) is 4.58 Å². The average Bonchev–Trinajstić information content (AvgIpc) is 3.11. The first kappa shape index (κ1) is 36.0. The van der Waals surface area contributed by atoms with Gasteiger partial charge in [0.15, 0.2) is 5.54 Å². The molecule has 0 radical (unpaired) electrons. The molecule has 3 aliphatic rings. The zero-order valence-electron chi connectivity index (χ0n) is 34.0. The number of anilines is 1. The predicted molar refractivity (Wildman–Crippen MR) is 225 cm³/mol. The van der Waals surface area contributed by atoms with E-state index in [1.807, 2.05) is 0 Å². The Morgan fingerprint density at radius 3 is 1.77 bits per heavy atom. The molecule has 0 bridgehead atoms. The Labute approximate surface area is 325 Å². The third-order valence-corrected chi connectivity index (χ3v) is 14.5. The normalized spacial score (nSPS) is 16.0. The fourth-order valence-corrected chi connectivity index (χ4v) is 10.4. The molecule has 0 atom stereocenters. The summed E-state index contributed by atoms with van der Waals surface area (Å²) in [7, 11) is 4.47. The second-order valence-corrected chi connectivity index (χ2v) is 17.8. The third kappa shape index (κ3) is 4.50. The first-order valence-corrected chi connectivity index (χ1v) is 19.6. The van der Waals surface area contributed by atoms with Crippen molar-refractivity contribution in [3.8, 4) is 33.8 Å². The van der Waals surface area contributed by atoms with E-state index in [4.69, 9.17) is 27.9 Å². The van der Waals surface area contributed by atoms with E-state index in [0.29, 0.717) is 0 Å². The molecule has 0 saturated heterocycles. The lowest BCUT2D eigenvalue weighted by Crippen LogP contribution is -2.48. The average molecular weight is 743 g/mol. The van der Waals surface area contributed by atoms with Crippen molar-refractivity contribution in [1.82, 2.24) is 4.58 Å². The van der Waals surface area contributed by atoms with Crippen LogP contribution in [0.5, 0.6) is 11.5 Å². The standard InChI is InChI=1S/C48H51Cl2N2O/c1-22-16-18-31-33(20-22)47(10,11)51(14)43-29(8)45-38(26(5)35(31)43)40(37-28(7)41(49)24(3)25(4)42(37)50)39-27(6)36-32-19-17-23(2)21-34(32)48(12,13)52(15)44(36)30(9)46(39)53-45/h16-21H,1-15H3/q+1. The van der Waals surface area contributed by atoms with Crippen LogP contribution in [0.3, 0.4) is 0 Å². The van der Waals surface area contributed by atoms with E-state index in [9.17, 15) is 0 Å². The van der Waals surface area contributed by atoms with Gasteiger partial charge in [-0.3, -0.25) is 0 Å². The minimum Gasteiger partial charge on any atom is -0.455 e. The molecule has 0 aliphatic carbocycles. The summed E-state index contributed by atoms with van der Waals surface area (Å²) in [6.07, 6.45) is 0. The van der Waals surface area contributed by atoms with E-state index < -0.39 is 0 Å². The molecule has 3 heterocycles. The largest absolute Gasteiger partial charge is 0.455 e. The van der Waals surface area contributed by atoms with Gasteiger partial charge < -0.3 is 9.64 Å². The number of fused-ring (bicyclic) bond motifs is 8. The molecule has 0 fully saturated rings. The maximum atomic E-state index is 7.59. The van der Waals surface area contributed by atoms with Gasteiger partial charge in [-0.05, 0) is 127 Å². The lowest BCUT2D eigenvalue weighted by atomic mass is 9.74.